The van der Waals surface area contributed by atoms with Gasteiger partial charge in [0.25, 0.3) is 11.7 Å². The smallest absolute Gasteiger partial charge is 0.295 e. The molecule has 5 nitrogen and oxygen atoms in total. The predicted octanol–water partition coefficient (Wildman–Crippen LogP) is 4.67. The number of hydrogen-bond donors (Lipinski definition) is 1. The average molecular weight is 470 g/mol. The number of halogens is 1. The number of carbonyl (C=O) groups is 2. The van der Waals surface area contributed by atoms with Crippen LogP contribution in [0.15, 0.2) is 52.5 Å². The Labute approximate surface area is 184 Å². The summed E-state index contributed by atoms with van der Waals surface area (Å²) in [5, 5.41) is 11.1. The van der Waals surface area contributed by atoms with Crippen LogP contribution in [0.5, 0.6) is 0 Å². The van der Waals surface area contributed by atoms with E-state index in [0.717, 1.165) is 34.0 Å². The summed E-state index contributed by atoms with van der Waals surface area (Å²) in [5.74, 6) is -1.39. The summed E-state index contributed by atoms with van der Waals surface area (Å²) < 4.78 is 6.64. The van der Waals surface area contributed by atoms with E-state index in [1.807, 2.05) is 44.2 Å². The Morgan fingerprint density at radius 3 is 2.67 bits per heavy atom. The minimum absolute atomic E-state index is 0.0922. The summed E-state index contributed by atoms with van der Waals surface area (Å²) in [6, 6.07) is 12.5. The minimum Gasteiger partial charge on any atom is -0.507 e. The lowest BCUT2D eigenvalue weighted by Gasteiger charge is -2.27. The SMILES string of the molecule is Cc1cccc(C2/C(=C(/O)c3ccc(Br)c(C)c3)C(=O)C(=O)N2CC2CCCO2)c1. The number of likely N-dealkylation sites (tertiary alicyclic amines) is 1. The van der Waals surface area contributed by atoms with Gasteiger partial charge in [-0.3, -0.25) is 9.59 Å². The van der Waals surface area contributed by atoms with Crippen LogP contribution in [0.1, 0.15) is 41.1 Å². The van der Waals surface area contributed by atoms with Crippen molar-refractivity contribution < 1.29 is 19.4 Å². The molecular weight excluding hydrogens is 446 g/mol. The Balaban J connectivity index is 1.84. The number of aliphatic hydroxyl groups is 1. The van der Waals surface area contributed by atoms with Gasteiger partial charge in [0.05, 0.1) is 17.7 Å². The van der Waals surface area contributed by atoms with E-state index in [-0.39, 0.29) is 17.4 Å². The molecule has 2 aliphatic heterocycles. The van der Waals surface area contributed by atoms with E-state index in [0.29, 0.717) is 18.7 Å². The highest BCUT2D eigenvalue weighted by molar-refractivity contribution is 9.10. The molecule has 156 valence electrons. The average Bonchev–Trinajstić information content (AvgIpc) is 3.32. The van der Waals surface area contributed by atoms with E-state index in [9.17, 15) is 14.7 Å². The molecule has 2 fully saturated rings. The third kappa shape index (κ3) is 3.82. The maximum absolute atomic E-state index is 13.1. The number of Topliss-reactive ketones (excluding diaryl/α,β-unsaturated/α-hetero) is 1. The normalized spacial score (nSPS) is 23.4. The van der Waals surface area contributed by atoms with E-state index in [1.165, 1.54) is 0 Å². The first-order valence-corrected chi connectivity index (χ1v) is 10.9. The third-order valence-electron chi connectivity index (χ3n) is 5.75. The number of ketones is 1. The van der Waals surface area contributed by atoms with Gasteiger partial charge in [-0.1, -0.05) is 51.8 Å². The molecule has 0 bridgehead atoms. The molecule has 4 rings (SSSR count). The van der Waals surface area contributed by atoms with Gasteiger partial charge >= 0.3 is 0 Å². The lowest BCUT2D eigenvalue weighted by Crippen LogP contribution is -2.36. The van der Waals surface area contributed by atoms with Crippen molar-refractivity contribution >= 4 is 33.4 Å². The van der Waals surface area contributed by atoms with Gasteiger partial charge in [0, 0.05) is 23.2 Å². The van der Waals surface area contributed by atoms with Crippen molar-refractivity contribution in [3.63, 3.8) is 0 Å². The summed E-state index contributed by atoms with van der Waals surface area (Å²) in [6.45, 7) is 4.88. The van der Waals surface area contributed by atoms with E-state index >= 15 is 0 Å². The monoisotopic (exact) mass is 469 g/mol. The van der Waals surface area contributed by atoms with Crippen LogP contribution >= 0.6 is 15.9 Å². The second-order valence-electron chi connectivity index (χ2n) is 7.96. The first-order valence-electron chi connectivity index (χ1n) is 10.1. The molecule has 1 N–H and O–H groups in total. The van der Waals surface area contributed by atoms with E-state index in [1.54, 1.807) is 17.0 Å². The van der Waals surface area contributed by atoms with Crippen LogP contribution in [0.3, 0.4) is 0 Å². The van der Waals surface area contributed by atoms with Crippen LogP contribution in [0.25, 0.3) is 5.76 Å². The van der Waals surface area contributed by atoms with Gasteiger partial charge in [0.1, 0.15) is 5.76 Å². The summed E-state index contributed by atoms with van der Waals surface area (Å²) in [6.07, 6.45) is 1.71. The molecule has 0 spiro atoms. The topological polar surface area (TPSA) is 66.8 Å². The molecule has 2 saturated heterocycles. The van der Waals surface area contributed by atoms with Crippen LogP contribution < -0.4 is 0 Å². The Morgan fingerprint density at radius 2 is 2.00 bits per heavy atom. The number of benzene rings is 2. The van der Waals surface area contributed by atoms with Crippen LogP contribution in [-0.2, 0) is 14.3 Å². The van der Waals surface area contributed by atoms with Gasteiger partial charge in [-0.15, -0.1) is 0 Å². The van der Waals surface area contributed by atoms with Crippen molar-refractivity contribution in [3.05, 3.63) is 74.8 Å². The Morgan fingerprint density at radius 1 is 1.20 bits per heavy atom. The molecule has 0 aromatic heterocycles. The molecule has 0 saturated carbocycles. The molecule has 30 heavy (non-hydrogen) atoms. The number of ether oxygens (including phenoxy) is 1. The number of aliphatic hydroxyl groups excluding tert-OH is 1. The Bertz CT molecular complexity index is 1040. The lowest BCUT2D eigenvalue weighted by molar-refractivity contribution is -0.140. The molecule has 6 heteroatoms. The molecule has 0 aliphatic carbocycles. The first kappa shape index (κ1) is 20.8. The highest BCUT2D eigenvalue weighted by Gasteiger charge is 2.47. The molecule has 2 aliphatic rings. The van der Waals surface area contributed by atoms with Gasteiger partial charge in [-0.05, 0) is 49.9 Å². The number of carbonyl (C=O) groups excluding carboxylic acids is 2. The third-order valence-corrected chi connectivity index (χ3v) is 6.64. The molecule has 2 atom stereocenters. The molecular formula is C24H24BrNO4. The van der Waals surface area contributed by atoms with Gasteiger partial charge in [0.15, 0.2) is 0 Å². The lowest BCUT2D eigenvalue weighted by atomic mass is 9.94. The number of nitrogens with zero attached hydrogens (tertiary/aromatic N) is 1. The van der Waals surface area contributed by atoms with Crippen molar-refractivity contribution in [2.75, 3.05) is 13.2 Å². The second-order valence-corrected chi connectivity index (χ2v) is 8.82. The quantitative estimate of drug-likeness (QED) is 0.401. The molecule has 2 aromatic carbocycles. The molecule has 2 aromatic rings. The molecule has 0 radical (unpaired) electrons. The Hall–Kier alpha value is -2.44. The van der Waals surface area contributed by atoms with Crippen LogP contribution in [-0.4, -0.2) is 41.0 Å². The molecule has 2 unspecified atom stereocenters. The van der Waals surface area contributed by atoms with Crippen molar-refractivity contribution in [1.29, 1.82) is 0 Å². The number of amides is 1. The summed E-state index contributed by atoms with van der Waals surface area (Å²) in [7, 11) is 0. The van der Waals surface area contributed by atoms with Gasteiger partial charge in [0.2, 0.25) is 0 Å². The minimum atomic E-state index is -0.655. The zero-order valence-electron chi connectivity index (χ0n) is 17.0. The van der Waals surface area contributed by atoms with Crippen molar-refractivity contribution in [1.82, 2.24) is 4.90 Å². The van der Waals surface area contributed by atoms with E-state index in [2.05, 4.69) is 15.9 Å². The van der Waals surface area contributed by atoms with Crippen molar-refractivity contribution in [2.24, 2.45) is 0 Å². The highest BCUT2D eigenvalue weighted by atomic mass is 79.9. The maximum atomic E-state index is 13.1. The Kier molecular flexibility index (Phi) is 5.80. The zero-order chi connectivity index (χ0) is 21.4. The van der Waals surface area contributed by atoms with Gasteiger partial charge in [-0.25, -0.2) is 0 Å². The number of hydrogen-bond acceptors (Lipinski definition) is 4. The maximum Gasteiger partial charge on any atom is 0.295 e. The summed E-state index contributed by atoms with van der Waals surface area (Å²) in [5.41, 5.74) is 3.41. The molecule has 1 amide bonds. The van der Waals surface area contributed by atoms with Crippen molar-refractivity contribution in [3.8, 4) is 0 Å². The standard InChI is InChI=1S/C24H24BrNO4/c1-14-5-3-6-16(11-14)21-20(22(27)17-8-9-19(25)15(2)12-17)23(28)24(29)26(21)13-18-7-4-10-30-18/h3,5-6,8-9,11-12,18,21,27H,4,7,10,13H2,1-2H3/b22-20-. The van der Waals surface area contributed by atoms with E-state index < -0.39 is 17.7 Å². The van der Waals surface area contributed by atoms with Crippen LogP contribution in [0.2, 0.25) is 0 Å². The summed E-state index contributed by atoms with van der Waals surface area (Å²) >= 11 is 3.46. The van der Waals surface area contributed by atoms with Gasteiger partial charge in [-0.2, -0.15) is 0 Å². The van der Waals surface area contributed by atoms with Crippen LogP contribution in [0.4, 0.5) is 0 Å². The van der Waals surface area contributed by atoms with E-state index in [4.69, 9.17) is 4.74 Å². The fraction of sp³-hybridized carbons (Fsp3) is 0.333. The van der Waals surface area contributed by atoms with Gasteiger partial charge < -0.3 is 14.7 Å². The largest absolute Gasteiger partial charge is 0.507 e. The van der Waals surface area contributed by atoms with Crippen molar-refractivity contribution in [2.45, 2.75) is 38.8 Å². The number of aryl methyl sites for hydroxylation is 2. The first-order chi connectivity index (χ1) is 14.4. The highest BCUT2D eigenvalue weighted by Crippen LogP contribution is 2.40. The predicted molar refractivity (Wildman–Crippen MR) is 118 cm³/mol. The molecule has 2 heterocycles. The number of rotatable bonds is 4. The summed E-state index contributed by atoms with van der Waals surface area (Å²) in [4.78, 5) is 27.6. The fourth-order valence-corrected chi connectivity index (χ4v) is 4.46. The second kappa shape index (κ2) is 8.36. The fourth-order valence-electron chi connectivity index (χ4n) is 4.21. The van der Waals surface area contributed by atoms with Crippen LogP contribution in [0, 0.1) is 13.8 Å². The zero-order valence-corrected chi connectivity index (χ0v) is 18.6.